The van der Waals surface area contributed by atoms with Crippen molar-refractivity contribution in [3.8, 4) is 0 Å². The number of rotatable bonds is 2. The molecule has 2 heterocycles. The SMILES string of the molecule is O=C(Nc1ccc(Cl)c(Cl)c1)C1CCN(C2=NS(=O)(=O)c3ccccc32)CC1. The third-order valence-electron chi connectivity index (χ3n) is 4.96. The second-order valence-corrected chi connectivity index (χ2v) is 9.15. The van der Waals surface area contributed by atoms with Gasteiger partial charge >= 0.3 is 0 Å². The minimum Gasteiger partial charge on any atom is -0.355 e. The van der Waals surface area contributed by atoms with Crippen LogP contribution in [0.1, 0.15) is 18.4 Å². The van der Waals surface area contributed by atoms with E-state index in [1.54, 1.807) is 42.5 Å². The Labute approximate surface area is 173 Å². The van der Waals surface area contributed by atoms with Crippen LogP contribution in [0.25, 0.3) is 0 Å². The van der Waals surface area contributed by atoms with Gasteiger partial charge in [-0.05, 0) is 43.2 Å². The molecular formula is C19H17Cl2N3O3S. The number of anilines is 1. The molecule has 0 atom stereocenters. The van der Waals surface area contributed by atoms with Gasteiger partial charge in [0.2, 0.25) is 5.91 Å². The van der Waals surface area contributed by atoms with Crippen LogP contribution in [-0.4, -0.2) is 38.2 Å². The van der Waals surface area contributed by atoms with Crippen molar-refractivity contribution in [2.45, 2.75) is 17.7 Å². The molecule has 0 aromatic heterocycles. The number of amidine groups is 1. The van der Waals surface area contributed by atoms with E-state index in [0.717, 1.165) is 0 Å². The van der Waals surface area contributed by atoms with E-state index in [0.29, 0.717) is 53.1 Å². The fourth-order valence-corrected chi connectivity index (χ4v) is 5.01. The Hall–Kier alpha value is -2.09. The molecule has 0 radical (unpaired) electrons. The molecule has 2 aliphatic rings. The van der Waals surface area contributed by atoms with Crippen LogP contribution in [0.5, 0.6) is 0 Å². The highest BCUT2D eigenvalue weighted by atomic mass is 35.5. The summed E-state index contributed by atoms with van der Waals surface area (Å²) in [4.78, 5) is 14.7. The van der Waals surface area contributed by atoms with E-state index in [-0.39, 0.29) is 16.7 Å². The number of hydrogen-bond acceptors (Lipinski definition) is 4. The van der Waals surface area contributed by atoms with E-state index in [1.807, 2.05) is 4.90 Å². The van der Waals surface area contributed by atoms with Crippen molar-refractivity contribution < 1.29 is 13.2 Å². The smallest absolute Gasteiger partial charge is 0.285 e. The summed E-state index contributed by atoms with van der Waals surface area (Å²) in [5, 5.41) is 3.68. The second kappa shape index (κ2) is 7.39. The van der Waals surface area contributed by atoms with Crippen LogP contribution in [0.15, 0.2) is 51.8 Å². The lowest BCUT2D eigenvalue weighted by atomic mass is 9.95. The van der Waals surface area contributed by atoms with Gasteiger partial charge < -0.3 is 10.2 Å². The molecule has 9 heteroatoms. The van der Waals surface area contributed by atoms with E-state index in [4.69, 9.17) is 23.2 Å². The summed E-state index contributed by atoms with van der Waals surface area (Å²) in [6, 6.07) is 11.8. The van der Waals surface area contributed by atoms with Crippen molar-refractivity contribution in [3.05, 3.63) is 58.1 Å². The first kappa shape index (κ1) is 19.2. The number of carbonyl (C=O) groups is 1. The lowest BCUT2D eigenvalue weighted by Crippen LogP contribution is -2.41. The highest BCUT2D eigenvalue weighted by Crippen LogP contribution is 2.30. The Morgan fingerprint density at radius 3 is 2.50 bits per heavy atom. The monoisotopic (exact) mass is 437 g/mol. The standard InChI is InChI=1S/C19H17Cl2N3O3S/c20-15-6-5-13(11-16(15)21)22-19(25)12-7-9-24(10-8-12)18-14-3-1-2-4-17(14)28(26,27)23-18/h1-6,11-12H,7-10H2,(H,22,25). The van der Waals surface area contributed by atoms with Crippen molar-refractivity contribution in [1.82, 2.24) is 4.90 Å². The molecule has 2 aliphatic heterocycles. The second-order valence-electron chi connectivity index (χ2n) is 6.77. The number of likely N-dealkylation sites (tertiary alicyclic amines) is 1. The van der Waals surface area contributed by atoms with Crippen LogP contribution in [0, 0.1) is 5.92 Å². The Kier molecular flexibility index (Phi) is 5.07. The quantitative estimate of drug-likeness (QED) is 0.774. The molecule has 1 N–H and O–H groups in total. The van der Waals surface area contributed by atoms with Gasteiger partial charge in [-0.25, -0.2) is 0 Å². The van der Waals surface area contributed by atoms with Crippen LogP contribution < -0.4 is 5.32 Å². The van der Waals surface area contributed by atoms with Gasteiger partial charge in [-0.2, -0.15) is 8.42 Å². The molecule has 0 aliphatic carbocycles. The Morgan fingerprint density at radius 2 is 1.79 bits per heavy atom. The molecular weight excluding hydrogens is 421 g/mol. The third-order valence-corrected chi connectivity index (χ3v) is 7.03. The topological polar surface area (TPSA) is 78.8 Å². The predicted octanol–water partition coefficient (Wildman–Crippen LogP) is 3.79. The van der Waals surface area contributed by atoms with Crippen molar-refractivity contribution >= 4 is 50.7 Å². The number of amides is 1. The number of nitrogens with zero attached hydrogens (tertiary/aromatic N) is 2. The first-order valence-electron chi connectivity index (χ1n) is 8.80. The number of piperidine rings is 1. The van der Waals surface area contributed by atoms with E-state index >= 15 is 0 Å². The van der Waals surface area contributed by atoms with E-state index in [1.165, 1.54) is 0 Å². The van der Waals surface area contributed by atoms with Gasteiger partial charge in [-0.1, -0.05) is 35.3 Å². The zero-order chi connectivity index (χ0) is 19.9. The van der Waals surface area contributed by atoms with Gasteiger partial charge in [-0.15, -0.1) is 4.40 Å². The molecule has 4 rings (SSSR count). The summed E-state index contributed by atoms with van der Waals surface area (Å²) >= 11 is 11.9. The number of carbonyl (C=O) groups excluding carboxylic acids is 1. The lowest BCUT2D eigenvalue weighted by molar-refractivity contribution is -0.120. The highest BCUT2D eigenvalue weighted by Gasteiger charge is 2.34. The largest absolute Gasteiger partial charge is 0.355 e. The summed E-state index contributed by atoms with van der Waals surface area (Å²) in [5.74, 6) is 0.220. The summed E-state index contributed by atoms with van der Waals surface area (Å²) in [6.45, 7) is 1.12. The Bertz CT molecular complexity index is 1080. The van der Waals surface area contributed by atoms with Crippen molar-refractivity contribution in [1.29, 1.82) is 0 Å². The first-order chi connectivity index (χ1) is 13.3. The average Bonchev–Trinajstić information content (AvgIpc) is 2.96. The van der Waals surface area contributed by atoms with Crippen molar-refractivity contribution in [2.24, 2.45) is 10.3 Å². The normalized spacial score (nSPS) is 18.5. The zero-order valence-electron chi connectivity index (χ0n) is 14.7. The van der Waals surface area contributed by atoms with Gasteiger partial charge in [0.05, 0.1) is 10.0 Å². The highest BCUT2D eigenvalue weighted by molar-refractivity contribution is 7.90. The van der Waals surface area contributed by atoms with Crippen molar-refractivity contribution in [3.63, 3.8) is 0 Å². The maximum Gasteiger partial charge on any atom is 0.285 e. The van der Waals surface area contributed by atoms with Crippen LogP contribution >= 0.6 is 23.2 Å². The third kappa shape index (κ3) is 3.62. The number of hydrogen-bond donors (Lipinski definition) is 1. The summed E-state index contributed by atoms with van der Waals surface area (Å²) in [5.41, 5.74) is 1.23. The molecule has 0 bridgehead atoms. The Balaban J connectivity index is 1.42. The molecule has 2 aromatic rings. The lowest BCUT2D eigenvalue weighted by Gasteiger charge is -2.32. The molecule has 0 saturated carbocycles. The maximum atomic E-state index is 12.6. The summed E-state index contributed by atoms with van der Waals surface area (Å²) in [6.07, 6.45) is 1.21. The van der Waals surface area contributed by atoms with Crippen LogP contribution in [0.4, 0.5) is 5.69 Å². The van der Waals surface area contributed by atoms with Crippen LogP contribution in [0.2, 0.25) is 10.0 Å². The minimum atomic E-state index is -3.64. The molecule has 6 nitrogen and oxygen atoms in total. The van der Waals surface area contributed by atoms with Gasteiger partial charge in [0.15, 0.2) is 5.84 Å². The summed E-state index contributed by atoms with van der Waals surface area (Å²) < 4.78 is 28.4. The van der Waals surface area contributed by atoms with Gasteiger partial charge in [0, 0.05) is 30.3 Å². The minimum absolute atomic E-state index is 0.0839. The molecule has 28 heavy (non-hydrogen) atoms. The van der Waals surface area contributed by atoms with Crippen molar-refractivity contribution in [2.75, 3.05) is 18.4 Å². The maximum absolute atomic E-state index is 12.6. The zero-order valence-corrected chi connectivity index (χ0v) is 17.1. The fourth-order valence-electron chi connectivity index (χ4n) is 3.49. The van der Waals surface area contributed by atoms with Crippen LogP contribution in [-0.2, 0) is 14.8 Å². The number of halogens is 2. The molecule has 0 unspecified atom stereocenters. The van der Waals surface area contributed by atoms with E-state index in [2.05, 4.69) is 9.71 Å². The molecule has 2 aromatic carbocycles. The Morgan fingerprint density at radius 1 is 1.07 bits per heavy atom. The number of benzene rings is 2. The van der Waals surface area contributed by atoms with Gasteiger partial charge in [0.1, 0.15) is 4.90 Å². The number of fused-ring (bicyclic) bond motifs is 1. The van der Waals surface area contributed by atoms with Crippen LogP contribution in [0.3, 0.4) is 0 Å². The molecule has 1 amide bonds. The van der Waals surface area contributed by atoms with Gasteiger partial charge in [-0.3, -0.25) is 4.79 Å². The predicted molar refractivity (Wildman–Crippen MR) is 110 cm³/mol. The molecule has 146 valence electrons. The fraction of sp³-hybridized carbons (Fsp3) is 0.263. The van der Waals surface area contributed by atoms with E-state index < -0.39 is 10.0 Å². The van der Waals surface area contributed by atoms with Gasteiger partial charge in [0.25, 0.3) is 10.0 Å². The van der Waals surface area contributed by atoms with E-state index in [9.17, 15) is 13.2 Å². The number of nitrogens with one attached hydrogen (secondary N) is 1. The average molecular weight is 438 g/mol. The molecule has 1 saturated heterocycles. The number of sulfonamides is 1. The molecule has 0 spiro atoms. The first-order valence-corrected chi connectivity index (χ1v) is 11.0. The molecule has 1 fully saturated rings. The summed E-state index contributed by atoms with van der Waals surface area (Å²) in [7, 11) is -3.64.